The van der Waals surface area contributed by atoms with Crippen molar-refractivity contribution in [3.63, 3.8) is 0 Å². The van der Waals surface area contributed by atoms with Crippen molar-refractivity contribution in [2.24, 2.45) is 0 Å². The van der Waals surface area contributed by atoms with Gasteiger partial charge in [-0.3, -0.25) is 9.48 Å². The number of pyridine rings is 1. The van der Waals surface area contributed by atoms with Crippen molar-refractivity contribution in [1.29, 1.82) is 0 Å². The van der Waals surface area contributed by atoms with Crippen LogP contribution < -0.4 is 4.74 Å². The van der Waals surface area contributed by atoms with Gasteiger partial charge < -0.3 is 4.74 Å². The number of ketones is 1. The zero-order valence-corrected chi connectivity index (χ0v) is 10.8. The fourth-order valence-corrected chi connectivity index (χ4v) is 1.79. The third-order valence-electron chi connectivity index (χ3n) is 2.65. The molecule has 0 spiro atoms. The van der Waals surface area contributed by atoms with E-state index >= 15 is 0 Å². The second kappa shape index (κ2) is 5.60. The molecule has 0 aliphatic rings. The third-order valence-corrected chi connectivity index (χ3v) is 2.65. The molecule has 0 amide bonds. The summed E-state index contributed by atoms with van der Waals surface area (Å²) in [6, 6.07) is 2.64. The molecular formula is C13H14FN3O2. The quantitative estimate of drug-likeness (QED) is 0.775. The van der Waals surface area contributed by atoms with Crippen LogP contribution in [0.25, 0.3) is 0 Å². The van der Waals surface area contributed by atoms with E-state index in [-0.39, 0.29) is 11.4 Å². The van der Waals surface area contributed by atoms with E-state index in [0.29, 0.717) is 12.3 Å². The number of hydrogen-bond acceptors (Lipinski definition) is 4. The van der Waals surface area contributed by atoms with Crippen LogP contribution in [0.4, 0.5) is 4.39 Å². The smallest absolute Gasteiger partial charge is 0.236 e. The summed E-state index contributed by atoms with van der Waals surface area (Å²) in [7, 11) is 1.44. The van der Waals surface area contributed by atoms with Gasteiger partial charge in [0.15, 0.2) is 17.3 Å². The average Bonchev–Trinajstić information content (AvgIpc) is 2.82. The summed E-state index contributed by atoms with van der Waals surface area (Å²) in [6.07, 6.45) is 3.63. The molecule has 6 heteroatoms. The van der Waals surface area contributed by atoms with Crippen LogP contribution in [0.15, 0.2) is 24.5 Å². The zero-order chi connectivity index (χ0) is 13.8. The molecule has 2 rings (SSSR count). The van der Waals surface area contributed by atoms with Gasteiger partial charge in [-0.1, -0.05) is 6.92 Å². The number of rotatable bonds is 5. The molecule has 0 N–H and O–H groups in total. The van der Waals surface area contributed by atoms with E-state index in [4.69, 9.17) is 4.74 Å². The number of ether oxygens (including phenoxy) is 1. The Morgan fingerprint density at radius 3 is 2.95 bits per heavy atom. The number of carbonyl (C=O) groups excluding carboxylic acids is 1. The van der Waals surface area contributed by atoms with Gasteiger partial charge in [0.05, 0.1) is 13.3 Å². The van der Waals surface area contributed by atoms with Crippen LogP contribution >= 0.6 is 0 Å². The summed E-state index contributed by atoms with van der Waals surface area (Å²) in [5, 5.41) is 4.07. The summed E-state index contributed by atoms with van der Waals surface area (Å²) in [4.78, 5) is 16.1. The number of methoxy groups -OCH3 is 1. The molecule has 0 radical (unpaired) electrons. The highest BCUT2D eigenvalue weighted by atomic mass is 19.1. The van der Waals surface area contributed by atoms with Gasteiger partial charge in [0.2, 0.25) is 5.78 Å². The van der Waals surface area contributed by atoms with Crippen molar-refractivity contribution in [2.45, 2.75) is 19.9 Å². The van der Waals surface area contributed by atoms with Crippen molar-refractivity contribution >= 4 is 5.78 Å². The minimum Gasteiger partial charge on any atom is -0.493 e. The first-order chi connectivity index (χ1) is 9.19. The Balaban J connectivity index is 2.48. The predicted molar refractivity (Wildman–Crippen MR) is 66.7 cm³/mol. The van der Waals surface area contributed by atoms with Crippen LogP contribution in [0.2, 0.25) is 0 Å². The maximum atomic E-state index is 13.6. The molecule has 19 heavy (non-hydrogen) atoms. The summed E-state index contributed by atoms with van der Waals surface area (Å²) >= 11 is 0. The summed E-state index contributed by atoms with van der Waals surface area (Å²) in [5.74, 6) is -0.858. The normalized spacial score (nSPS) is 10.5. The first-order valence-corrected chi connectivity index (χ1v) is 5.94. The summed E-state index contributed by atoms with van der Waals surface area (Å²) in [5.41, 5.74) is 0.000558. The molecule has 0 aromatic carbocycles. The van der Waals surface area contributed by atoms with Crippen LogP contribution in [0.3, 0.4) is 0 Å². The minimum absolute atomic E-state index is 0.223. The number of aromatic nitrogens is 3. The molecule has 0 bridgehead atoms. The van der Waals surface area contributed by atoms with Crippen molar-refractivity contribution in [3.05, 3.63) is 41.7 Å². The Kier molecular flexibility index (Phi) is 3.89. The van der Waals surface area contributed by atoms with Crippen LogP contribution in [-0.4, -0.2) is 27.7 Å². The van der Waals surface area contributed by atoms with Crippen molar-refractivity contribution < 1.29 is 13.9 Å². The highest BCUT2D eigenvalue weighted by molar-refractivity contribution is 6.08. The van der Waals surface area contributed by atoms with Crippen LogP contribution in [0.5, 0.6) is 5.75 Å². The molecule has 2 aromatic heterocycles. The molecule has 0 saturated heterocycles. The maximum Gasteiger partial charge on any atom is 0.236 e. The van der Waals surface area contributed by atoms with Gasteiger partial charge >= 0.3 is 0 Å². The SMILES string of the molecule is CCCn1ncc(OC)c1C(=O)c1ncccc1F. The molecule has 5 nitrogen and oxygen atoms in total. The summed E-state index contributed by atoms with van der Waals surface area (Å²) < 4.78 is 20.2. The Bertz CT molecular complexity index is 595. The first kappa shape index (κ1) is 13.2. The van der Waals surface area contributed by atoms with Crippen LogP contribution in [0, 0.1) is 5.82 Å². The number of aryl methyl sites for hydroxylation is 1. The molecule has 0 saturated carbocycles. The van der Waals surface area contributed by atoms with E-state index in [1.54, 1.807) is 0 Å². The monoisotopic (exact) mass is 263 g/mol. The van der Waals surface area contributed by atoms with E-state index in [9.17, 15) is 9.18 Å². The number of halogens is 1. The van der Waals surface area contributed by atoms with Gasteiger partial charge in [0.1, 0.15) is 5.69 Å². The largest absolute Gasteiger partial charge is 0.493 e. The fourth-order valence-electron chi connectivity index (χ4n) is 1.79. The van der Waals surface area contributed by atoms with E-state index in [2.05, 4.69) is 10.1 Å². The maximum absolute atomic E-state index is 13.6. The topological polar surface area (TPSA) is 57.0 Å². The van der Waals surface area contributed by atoms with Crippen LogP contribution in [-0.2, 0) is 6.54 Å². The molecule has 2 aromatic rings. The van der Waals surface area contributed by atoms with Gasteiger partial charge in [0, 0.05) is 12.7 Å². The molecule has 0 aliphatic heterocycles. The number of nitrogens with zero attached hydrogens (tertiary/aromatic N) is 3. The van der Waals surface area contributed by atoms with E-state index in [0.717, 1.165) is 6.42 Å². The first-order valence-electron chi connectivity index (χ1n) is 5.94. The van der Waals surface area contributed by atoms with Crippen LogP contribution in [0.1, 0.15) is 29.5 Å². The highest BCUT2D eigenvalue weighted by Gasteiger charge is 2.24. The molecule has 0 aliphatic carbocycles. The lowest BCUT2D eigenvalue weighted by Gasteiger charge is -2.07. The van der Waals surface area contributed by atoms with E-state index in [1.807, 2.05) is 6.92 Å². The van der Waals surface area contributed by atoms with Crippen molar-refractivity contribution in [2.75, 3.05) is 7.11 Å². The number of carbonyl (C=O) groups is 1. The zero-order valence-electron chi connectivity index (χ0n) is 10.8. The van der Waals surface area contributed by atoms with Gasteiger partial charge in [-0.05, 0) is 18.6 Å². The van der Waals surface area contributed by atoms with Crippen molar-refractivity contribution in [3.8, 4) is 5.75 Å². The second-order valence-corrected chi connectivity index (χ2v) is 3.95. The standard InChI is InChI=1S/C13H14FN3O2/c1-3-7-17-12(10(19-2)8-16-17)13(18)11-9(14)5-4-6-15-11/h4-6,8H,3,7H2,1-2H3. The fraction of sp³-hybridized carbons (Fsp3) is 0.308. The second-order valence-electron chi connectivity index (χ2n) is 3.95. The lowest BCUT2D eigenvalue weighted by Crippen LogP contribution is -2.15. The molecule has 0 atom stereocenters. The Labute approximate surface area is 110 Å². The lowest BCUT2D eigenvalue weighted by molar-refractivity contribution is 0.101. The molecule has 100 valence electrons. The van der Waals surface area contributed by atoms with E-state index in [1.165, 1.54) is 36.3 Å². The number of hydrogen-bond donors (Lipinski definition) is 0. The molecule has 0 unspecified atom stereocenters. The highest BCUT2D eigenvalue weighted by Crippen LogP contribution is 2.21. The van der Waals surface area contributed by atoms with E-state index < -0.39 is 11.6 Å². The Hall–Kier alpha value is -2.24. The lowest BCUT2D eigenvalue weighted by atomic mass is 10.1. The van der Waals surface area contributed by atoms with Gasteiger partial charge in [0.25, 0.3) is 0 Å². The summed E-state index contributed by atoms with van der Waals surface area (Å²) in [6.45, 7) is 2.52. The van der Waals surface area contributed by atoms with Gasteiger partial charge in [-0.2, -0.15) is 5.10 Å². The predicted octanol–water partition coefficient (Wildman–Crippen LogP) is 2.07. The minimum atomic E-state index is -0.654. The Morgan fingerprint density at radius 2 is 2.32 bits per heavy atom. The average molecular weight is 263 g/mol. The van der Waals surface area contributed by atoms with Crippen molar-refractivity contribution in [1.82, 2.24) is 14.8 Å². The third kappa shape index (κ3) is 2.47. The molecular weight excluding hydrogens is 249 g/mol. The molecule has 2 heterocycles. The molecule has 0 fully saturated rings. The van der Waals surface area contributed by atoms with Gasteiger partial charge in [-0.15, -0.1) is 0 Å². The van der Waals surface area contributed by atoms with Gasteiger partial charge in [-0.25, -0.2) is 9.37 Å². The Morgan fingerprint density at radius 1 is 1.53 bits per heavy atom.